The lowest BCUT2D eigenvalue weighted by Crippen LogP contribution is -2.26. The zero-order valence-electron chi connectivity index (χ0n) is 22.0. The van der Waals surface area contributed by atoms with Gasteiger partial charge in [-0.25, -0.2) is 0 Å². The summed E-state index contributed by atoms with van der Waals surface area (Å²) in [4.78, 5) is 10.2. The van der Waals surface area contributed by atoms with Crippen molar-refractivity contribution < 1.29 is 7.58 Å². The van der Waals surface area contributed by atoms with Gasteiger partial charge >= 0.3 is 14.8 Å². The van der Waals surface area contributed by atoms with Gasteiger partial charge in [-0.05, 0) is 63.7 Å². The van der Waals surface area contributed by atoms with E-state index in [1.54, 1.807) is 0 Å². The standard InChI is InChI=1S/C34H24N2O2.CH3.Al/c37-31-15-7-3-11-25(31)21-35-29-19-17-23-9-1-5-13-27(23)33(29)34-28-14-6-2-10-24(28)18-20-30(34)36-22-26-12-4-8-16-32(26)38;;/h1-22,37-38H;1H3;/q;;+2/p-2. The third-order valence-corrected chi connectivity index (χ3v) is 8.35. The van der Waals surface area contributed by atoms with E-state index in [1.165, 1.54) is 0 Å². The van der Waals surface area contributed by atoms with E-state index in [-0.39, 0.29) is 0 Å². The Kier molecular flexibility index (Phi) is 6.37. The molecule has 0 N–H and O–H groups in total. The Morgan fingerprint density at radius 3 is 1.40 bits per heavy atom. The summed E-state index contributed by atoms with van der Waals surface area (Å²) in [6.45, 7) is 0. The molecule has 0 saturated carbocycles. The Morgan fingerprint density at radius 2 is 0.900 bits per heavy atom. The number of para-hydroxylation sites is 2. The maximum atomic E-state index is 6.39. The minimum atomic E-state index is -2.09. The molecule has 190 valence electrons. The van der Waals surface area contributed by atoms with E-state index in [2.05, 4.69) is 72.8 Å². The van der Waals surface area contributed by atoms with Gasteiger partial charge < -0.3 is 7.58 Å². The number of rotatable bonds is 0. The molecule has 0 fully saturated rings. The van der Waals surface area contributed by atoms with Crippen LogP contribution < -0.4 is 7.58 Å². The summed E-state index contributed by atoms with van der Waals surface area (Å²) in [5, 5.41) is 4.56. The van der Waals surface area contributed by atoms with Gasteiger partial charge in [0.2, 0.25) is 0 Å². The van der Waals surface area contributed by atoms with Crippen molar-refractivity contribution in [3.8, 4) is 22.6 Å². The Morgan fingerprint density at radius 1 is 0.475 bits per heavy atom. The van der Waals surface area contributed by atoms with Gasteiger partial charge in [0.05, 0.1) is 22.9 Å². The molecular formula is C35H25AlN2O2. The van der Waals surface area contributed by atoms with E-state index in [1.807, 2.05) is 66.7 Å². The van der Waals surface area contributed by atoms with Gasteiger partial charge in [0.15, 0.2) is 0 Å². The number of benzene rings is 6. The van der Waals surface area contributed by atoms with Crippen LogP contribution >= 0.6 is 0 Å². The highest BCUT2D eigenvalue weighted by atomic mass is 27.2. The number of nitrogens with zero attached hydrogens (tertiary/aromatic N) is 2. The largest absolute Gasteiger partial charge is 0.853 e. The van der Waals surface area contributed by atoms with Crippen LogP contribution in [0.1, 0.15) is 11.1 Å². The van der Waals surface area contributed by atoms with Crippen LogP contribution in [0.25, 0.3) is 32.7 Å². The highest BCUT2D eigenvalue weighted by molar-refractivity contribution is 6.44. The molecule has 5 heteroatoms. The monoisotopic (exact) mass is 532 g/mol. The number of aliphatic imine (C=N–C) groups is 2. The van der Waals surface area contributed by atoms with Crippen molar-refractivity contribution in [1.29, 1.82) is 0 Å². The van der Waals surface area contributed by atoms with Crippen LogP contribution in [0.5, 0.6) is 11.5 Å². The van der Waals surface area contributed by atoms with Gasteiger partial charge in [0, 0.05) is 34.7 Å². The molecule has 40 heavy (non-hydrogen) atoms. The molecule has 1 aliphatic rings. The molecular weight excluding hydrogens is 507 g/mol. The van der Waals surface area contributed by atoms with E-state index in [0.717, 1.165) is 66.7 Å². The molecule has 0 unspecified atom stereocenters. The van der Waals surface area contributed by atoms with Crippen molar-refractivity contribution in [3.05, 3.63) is 132 Å². The fraction of sp³-hybridized carbons (Fsp3) is 0.0286. The van der Waals surface area contributed by atoms with Crippen molar-refractivity contribution in [1.82, 2.24) is 0 Å². The molecule has 7 rings (SSSR count). The summed E-state index contributed by atoms with van der Waals surface area (Å²) in [6, 6.07) is 41.4. The Labute approximate surface area is 237 Å². The maximum Gasteiger partial charge on any atom is 0.853 e. The Hall–Kier alpha value is -4.69. The van der Waals surface area contributed by atoms with Crippen LogP contribution in [0.3, 0.4) is 0 Å². The first-order valence-electron chi connectivity index (χ1n) is 13.4. The molecule has 0 saturated heterocycles. The summed E-state index contributed by atoms with van der Waals surface area (Å²) in [7, 11) is 0. The summed E-state index contributed by atoms with van der Waals surface area (Å²) >= 11 is -2.09. The molecule has 0 amide bonds. The lowest BCUT2D eigenvalue weighted by Gasteiger charge is -2.16. The van der Waals surface area contributed by atoms with Gasteiger partial charge in [-0.3, -0.25) is 9.98 Å². The predicted octanol–water partition coefficient (Wildman–Crippen LogP) is 9.05. The highest BCUT2D eigenvalue weighted by Gasteiger charge is 2.26. The molecule has 6 aromatic rings. The van der Waals surface area contributed by atoms with Crippen LogP contribution in [0.15, 0.2) is 131 Å². The second-order valence-electron chi connectivity index (χ2n) is 9.76. The second-order valence-corrected chi connectivity index (χ2v) is 11.4. The van der Waals surface area contributed by atoms with Crippen LogP contribution in [-0.4, -0.2) is 27.2 Å². The van der Waals surface area contributed by atoms with Gasteiger partial charge in [-0.2, -0.15) is 0 Å². The minimum absolute atomic E-state index is 0.764. The maximum absolute atomic E-state index is 6.39. The number of hydrogen-bond acceptors (Lipinski definition) is 4. The summed E-state index contributed by atoms with van der Waals surface area (Å²) < 4.78 is 12.8. The van der Waals surface area contributed by atoms with Crippen molar-refractivity contribution in [2.75, 3.05) is 0 Å². The summed E-state index contributed by atoms with van der Waals surface area (Å²) in [6.07, 6.45) is 3.79. The topological polar surface area (TPSA) is 43.2 Å². The van der Waals surface area contributed by atoms with Crippen molar-refractivity contribution in [2.24, 2.45) is 9.98 Å². The predicted molar refractivity (Wildman–Crippen MR) is 167 cm³/mol. The molecule has 6 aromatic carbocycles. The highest BCUT2D eigenvalue weighted by Crippen LogP contribution is 2.45. The Bertz CT molecular complexity index is 1810. The summed E-state index contributed by atoms with van der Waals surface area (Å²) in [5.41, 5.74) is 5.66. The van der Waals surface area contributed by atoms with Gasteiger partial charge in [0.25, 0.3) is 0 Å². The van der Waals surface area contributed by atoms with Gasteiger partial charge in [-0.1, -0.05) is 84.9 Å². The molecule has 0 aliphatic carbocycles. The lowest BCUT2D eigenvalue weighted by molar-refractivity contribution is 0.430. The molecule has 0 bridgehead atoms. The normalized spacial score (nSPS) is 12.8. The third-order valence-electron chi connectivity index (χ3n) is 7.17. The smallest absolute Gasteiger partial charge is 0.611 e. The number of hydrogen-bond donors (Lipinski definition) is 0. The first-order chi connectivity index (χ1) is 19.7. The fourth-order valence-corrected chi connectivity index (χ4v) is 6.50. The van der Waals surface area contributed by atoms with Crippen LogP contribution in [0.4, 0.5) is 11.4 Å². The van der Waals surface area contributed by atoms with Crippen molar-refractivity contribution in [3.63, 3.8) is 0 Å². The zero-order valence-corrected chi connectivity index (χ0v) is 23.1. The molecule has 1 heterocycles. The second kappa shape index (κ2) is 10.5. The fourth-order valence-electron chi connectivity index (χ4n) is 5.31. The van der Waals surface area contributed by atoms with E-state index in [0.29, 0.717) is 0 Å². The average Bonchev–Trinajstić information content (AvgIpc) is 2.99. The molecule has 1 aliphatic heterocycles. The van der Waals surface area contributed by atoms with Gasteiger partial charge in [-0.15, -0.1) is 0 Å². The molecule has 4 nitrogen and oxygen atoms in total. The van der Waals surface area contributed by atoms with E-state index in [4.69, 9.17) is 17.6 Å². The first-order valence-corrected chi connectivity index (χ1v) is 15.5. The molecule has 0 spiro atoms. The SMILES string of the molecule is [CH3][Al]1[O]c2ccccc2C=Nc2ccc3ccccc3c2-c2c(ccc3ccccc23)N=Cc2ccccc2[O]1. The molecule has 0 aromatic heterocycles. The molecule has 0 atom stereocenters. The summed E-state index contributed by atoms with van der Waals surface area (Å²) in [5.74, 6) is 3.56. The van der Waals surface area contributed by atoms with E-state index >= 15 is 0 Å². The minimum Gasteiger partial charge on any atom is -0.611 e. The third kappa shape index (κ3) is 4.56. The van der Waals surface area contributed by atoms with Crippen LogP contribution in [-0.2, 0) is 0 Å². The molecule has 0 radical (unpaired) electrons. The quantitative estimate of drug-likeness (QED) is 0.183. The lowest BCUT2D eigenvalue weighted by atomic mass is 9.91. The van der Waals surface area contributed by atoms with Crippen LogP contribution in [0.2, 0.25) is 5.79 Å². The number of fused-ring (bicyclic) bond motifs is 9. The van der Waals surface area contributed by atoms with E-state index in [9.17, 15) is 0 Å². The first kappa shape index (κ1) is 24.4. The Balaban J connectivity index is 1.58. The van der Waals surface area contributed by atoms with Crippen molar-refractivity contribution in [2.45, 2.75) is 5.79 Å². The van der Waals surface area contributed by atoms with Gasteiger partial charge in [0.1, 0.15) is 0 Å². The van der Waals surface area contributed by atoms with E-state index < -0.39 is 14.8 Å². The van der Waals surface area contributed by atoms with Crippen LogP contribution in [0, 0.1) is 0 Å². The zero-order chi connectivity index (χ0) is 26.9. The average molecular weight is 533 g/mol. The van der Waals surface area contributed by atoms with Crippen molar-refractivity contribution >= 4 is 60.2 Å².